The topological polar surface area (TPSA) is 105 Å². The maximum absolute atomic E-state index is 11.5. The fourth-order valence-electron chi connectivity index (χ4n) is 2.37. The van der Waals surface area contributed by atoms with Gasteiger partial charge in [-0.15, -0.1) is 0 Å². The zero-order valence-electron chi connectivity index (χ0n) is 14.9. The summed E-state index contributed by atoms with van der Waals surface area (Å²) in [6.45, 7) is 2.53. The summed E-state index contributed by atoms with van der Waals surface area (Å²) in [5, 5.41) is 0. The van der Waals surface area contributed by atoms with Crippen LogP contribution in [0.1, 0.15) is 15.9 Å². The monoisotopic (exact) mass is 422 g/mol. The molecule has 2 unspecified atom stereocenters. The van der Waals surface area contributed by atoms with E-state index in [1.165, 1.54) is 19.4 Å². The molecule has 28 heavy (non-hydrogen) atoms. The molecule has 2 aromatic carbocycles. The third kappa shape index (κ3) is 4.91. The number of fused-ring (bicyclic) bond motifs is 1. The largest absolute Gasteiger partial charge is 0.430 e. The Morgan fingerprint density at radius 3 is 2.00 bits per heavy atom. The molecule has 2 aromatic rings. The highest BCUT2D eigenvalue weighted by molar-refractivity contribution is 7.54. The van der Waals surface area contributed by atoms with Gasteiger partial charge in [-0.3, -0.25) is 0 Å². The van der Waals surface area contributed by atoms with Crippen LogP contribution in [-0.4, -0.2) is 25.3 Å². The van der Waals surface area contributed by atoms with Gasteiger partial charge in [-0.1, -0.05) is 42.5 Å². The number of hydrogen-bond donors (Lipinski definition) is 0. The fraction of sp³-hybridized carbons (Fsp3) is 0.111. The van der Waals surface area contributed by atoms with Crippen LogP contribution >= 0.6 is 15.2 Å². The minimum atomic E-state index is -3.28. The fourth-order valence-corrected chi connectivity index (χ4v) is 4.26. The maximum atomic E-state index is 11.5. The average Bonchev–Trinajstić information content (AvgIpc) is 2.60. The van der Waals surface area contributed by atoms with Crippen molar-refractivity contribution in [3.05, 3.63) is 71.8 Å². The smallest absolute Gasteiger partial charge is 0.415 e. The quantitative estimate of drug-likeness (QED) is 0.620. The van der Waals surface area contributed by atoms with E-state index < -0.39 is 27.1 Å². The SMILES string of the molecule is CP1(=O)OC(=O)C=C(c2ccccc2)O1.CP1(=O)OC(=O)c2ccccc2O1. The number of para-hydroxylation sites is 1. The molecule has 0 aliphatic carbocycles. The first-order valence-electron chi connectivity index (χ1n) is 8.03. The van der Waals surface area contributed by atoms with E-state index in [-0.39, 0.29) is 5.76 Å². The molecular formula is C18H16O8P2. The van der Waals surface area contributed by atoms with E-state index in [0.717, 1.165) is 0 Å². The summed E-state index contributed by atoms with van der Waals surface area (Å²) >= 11 is 0. The van der Waals surface area contributed by atoms with Crippen LogP contribution in [-0.2, 0) is 27.5 Å². The van der Waals surface area contributed by atoms with Crippen LogP contribution < -0.4 is 4.52 Å². The van der Waals surface area contributed by atoms with Gasteiger partial charge < -0.3 is 18.1 Å². The molecule has 4 rings (SSSR count). The lowest BCUT2D eigenvalue weighted by Gasteiger charge is -2.21. The predicted octanol–water partition coefficient (Wildman–Crippen LogP) is 4.48. The lowest BCUT2D eigenvalue weighted by Crippen LogP contribution is -2.13. The van der Waals surface area contributed by atoms with Crippen molar-refractivity contribution in [3.8, 4) is 5.75 Å². The van der Waals surface area contributed by atoms with E-state index in [4.69, 9.17) is 9.05 Å². The first kappa shape index (κ1) is 19.9. The number of hydrogen-bond acceptors (Lipinski definition) is 8. The second-order valence-electron chi connectivity index (χ2n) is 5.89. The van der Waals surface area contributed by atoms with Gasteiger partial charge in [-0.25, -0.2) is 18.7 Å². The molecule has 2 aliphatic heterocycles. The molecule has 2 atom stereocenters. The Labute approximate surface area is 161 Å². The molecule has 0 bridgehead atoms. The van der Waals surface area contributed by atoms with Crippen LogP contribution in [0.4, 0.5) is 0 Å². The number of rotatable bonds is 1. The van der Waals surface area contributed by atoms with Crippen LogP contribution in [0.3, 0.4) is 0 Å². The number of benzene rings is 2. The Bertz CT molecular complexity index is 1040. The van der Waals surface area contributed by atoms with Gasteiger partial charge in [0, 0.05) is 5.56 Å². The van der Waals surface area contributed by atoms with Crippen molar-refractivity contribution in [1.82, 2.24) is 0 Å². The summed E-state index contributed by atoms with van der Waals surface area (Å²) < 4.78 is 42.1. The van der Waals surface area contributed by atoms with Gasteiger partial charge in [0.2, 0.25) is 0 Å². The van der Waals surface area contributed by atoms with E-state index in [1.54, 1.807) is 48.5 Å². The standard InChI is InChI=1S/C10H9O4P.C8H7O4P/c1-15(12)13-9(7-10(11)14-15)8-5-3-2-4-6-8;1-13(10)11-7-5-3-2-4-6(7)8(9)12-13/h2-7H,1H3;2-5H,1H3. The van der Waals surface area contributed by atoms with Gasteiger partial charge in [-0.05, 0) is 12.1 Å². The van der Waals surface area contributed by atoms with Gasteiger partial charge >= 0.3 is 27.1 Å². The third-order valence-corrected chi connectivity index (χ3v) is 5.51. The van der Waals surface area contributed by atoms with Crippen LogP contribution in [0.15, 0.2) is 60.7 Å². The van der Waals surface area contributed by atoms with Crippen molar-refractivity contribution in [2.24, 2.45) is 0 Å². The third-order valence-electron chi connectivity index (χ3n) is 3.45. The molecule has 0 N–H and O–H groups in total. The second kappa shape index (κ2) is 7.66. The number of carbonyl (C=O) groups is 2. The van der Waals surface area contributed by atoms with Gasteiger partial charge in [0.1, 0.15) is 17.1 Å². The lowest BCUT2D eigenvalue weighted by molar-refractivity contribution is -0.129. The molecule has 0 radical (unpaired) electrons. The van der Waals surface area contributed by atoms with Crippen molar-refractivity contribution < 1.29 is 36.8 Å². The Kier molecular flexibility index (Phi) is 5.45. The Hall–Kier alpha value is -2.82. The molecule has 0 aromatic heterocycles. The Balaban J connectivity index is 0.000000162. The Morgan fingerprint density at radius 2 is 1.32 bits per heavy atom. The van der Waals surface area contributed by atoms with Gasteiger partial charge in [0.25, 0.3) is 0 Å². The number of carbonyl (C=O) groups excluding carboxylic acids is 2. The second-order valence-corrected chi connectivity index (χ2v) is 9.70. The van der Waals surface area contributed by atoms with Gasteiger partial charge in [0.05, 0.1) is 19.4 Å². The predicted molar refractivity (Wildman–Crippen MR) is 101 cm³/mol. The molecule has 0 saturated heterocycles. The molecule has 0 amide bonds. The van der Waals surface area contributed by atoms with Crippen molar-refractivity contribution in [2.75, 3.05) is 13.3 Å². The first-order chi connectivity index (χ1) is 13.2. The van der Waals surface area contributed by atoms with Crippen molar-refractivity contribution in [1.29, 1.82) is 0 Å². The summed E-state index contributed by atoms with van der Waals surface area (Å²) in [5.41, 5.74) is 1.02. The van der Waals surface area contributed by atoms with Crippen LogP contribution in [0, 0.1) is 0 Å². The lowest BCUT2D eigenvalue weighted by atomic mass is 10.2. The van der Waals surface area contributed by atoms with Crippen LogP contribution in [0.2, 0.25) is 0 Å². The van der Waals surface area contributed by atoms with E-state index >= 15 is 0 Å². The van der Waals surface area contributed by atoms with E-state index in [2.05, 4.69) is 9.05 Å². The molecule has 10 heteroatoms. The zero-order valence-corrected chi connectivity index (χ0v) is 16.7. The molecule has 0 saturated carbocycles. The van der Waals surface area contributed by atoms with E-state index in [1.807, 2.05) is 6.07 Å². The van der Waals surface area contributed by atoms with Crippen molar-refractivity contribution >= 4 is 32.9 Å². The highest BCUT2D eigenvalue weighted by Crippen LogP contribution is 2.51. The molecule has 0 fully saturated rings. The normalized spacial score (nSPS) is 25.4. The molecule has 2 aliphatic rings. The molecule has 2 heterocycles. The summed E-state index contributed by atoms with van der Waals surface area (Å²) in [5.74, 6) is -0.610. The van der Waals surface area contributed by atoms with Crippen LogP contribution in [0.5, 0.6) is 5.75 Å². The van der Waals surface area contributed by atoms with Crippen molar-refractivity contribution in [3.63, 3.8) is 0 Å². The minimum absolute atomic E-state index is 0.290. The van der Waals surface area contributed by atoms with Crippen LogP contribution in [0.25, 0.3) is 5.76 Å². The molecule has 0 spiro atoms. The highest BCUT2D eigenvalue weighted by Gasteiger charge is 2.33. The first-order valence-corrected chi connectivity index (χ1v) is 12.0. The summed E-state index contributed by atoms with van der Waals surface area (Å²) in [6, 6.07) is 15.5. The van der Waals surface area contributed by atoms with Gasteiger partial charge in [0.15, 0.2) is 0 Å². The van der Waals surface area contributed by atoms with E-state index in [0.29, 0.717) is 16.9 Å². The molecule has 146 valence electrons. The minimum Gasteiger partial charge on any atom is -0.415 e. The molecule has 8 nitrogen and oxygen atoms in total. The Morgan fingerprint density at radius 1 is 0.714 bits per heavy atom. The molecular weight excluding hydrogens is 406 g/mol. The maximum Gasteiger partial charge on any atom is 0.430 e. The van der Waals surface area contributed by atoms with Gasteiger partial charge in [-0.2, -0.15) is 0 Å². The summed E-state index contributed by atoms with van der Waals surface area (Å²) in [4.78, 5) is 22.3. The van der Waals surface area contributed by atoms with E-state index in [9.17, 15) is 18.7 Å². The summed E-state index contributed by atoms with van der Waals surface area (Å²) in [7, 11) is -6.51. The zero-order chi connectivity index (χ0) is 20.4. The highest BCUT2D eigenvalue weighted by atomic mass is 31.2. The average molecular weight is 422 g/mol. The van der Waals surface area contributed by atoms with Crippen molar-refractivity contribution in [2.45, 2.75) is 0 Å². The summed E-state index contributed by atoms with van der Waals surface area (Å²) in [6.07, 6.45) is 1.19.